The minimum atomic E-state index is -0.295. The number of hydrogen-bond acceptors (Lipinski definition) is 4. The Labute approximate surface area is 114 Å². The van der Waals surface area contributed by atoms with E-state index >= 15 is 0 Å². The highest BCUT2D eigenvalue weighted by atomic mass is 16.3. The van der Waals surface area contributed by atoms with E-state index in [1.807, 2.05) is 0 Å². The highest BCUT2D eigenvalue weighted by Crippen LogP contribution is 2.25. The molecule has 1 aromatic heterocycles. The van der Waals surface area contributed by atoms with Gasteiger partial charge in [-0.15, -0.1) is 0 Å². The Hall–Kier alpha value is -1.33. The van der Waals surface area contributed by atoms with Gasteiger partial charge < -0.3 is 4.42 Å². The van der Waals surface area contributed by atoms with Gasteiger partial charge >= 0.3 is 0 Å². The van der Waals surface area contributed by atoms with Gasteiger partial charge in [0, 0.05) is 6.04 Å². The lowest BCUT2D eigenvalue weighted by Gasteiger charge is -2.26. The van der Waals surface area contributed by atoms with Crippen LogP contribution in [0.5, 0.6) is 0 Å². The van der Waals surface area contributed by atoms with Crippen molar-refractivity contribution >= 4 is 5.91 Å². The number of nitrogens with one attached hydrogen (secondary N) is 1. The molecule has 1 amide bonds. The van der Waals surface area contributed by atoms with Gasteiger partial charge in [0.25, 0.3) is 5.91 Å². The molecule has 2 rings (SSSR count). The highest BCUT2D eigenvalue weighted by Gasteiger charge is 2.23. The summed E-state index contributed by atoms with van der Waals surface area (Å²) >= 11 is 0. The lowest BCUT2D eigenvalue weighted by molar-refractivity contribution is 0.0952. The first kappa shape index (κ1) is 14.1. The minimum absolute atomic E-state index is 0.295. The van der Waals surface area contributed by atoms with Crippen molar-refractivity contribution in [2.24, 2.45) is 5.84 Å². The molecule has 1 saturated carbocycles. The zero-order valence-corrected chi connectivity index (χ0v) is 11.7. The van der Waals surface area contributed by atoms with Crippen LogP contribution in [-0.2, 0) is 6.54 Å². The molecular formula is C14H23N3O2. The summed E-state index contributed by atoms with van der Waals surface area (Å²) < 4.78 is 5.67. The predicted molar refractivity (Wildman–Crippen MR) is 73.4 cm³/mol. The van der Waals surface area contributed by atoms with E-state index in [-0.39, 0.29) is 5.91 Å². The van der Waals surface area contributed by atoms with E-state index in [0.717, 1.165) is 18.8 Å². The largest absolute Gasteiger partial charge is 0.464 e. The normalized spacial score (nSPS) is 16.2. The Morgan fingerprint density at radius 2 is 2.21 bits per heavy atom. The van der Waals surface area contributed by atoms with Crippen molar-refractivity contribution in [2.45, 2.75) is 52.1 Å². The van der Waals surface area contributed by atoms with E-state index in [0.29, 0.717) is 17.4 Å². The smallest absolute Gasteiger partial charge is 0.268 e. The molecule has 0 radical (unpaired) electrons. The molecule has 1 heterocycles. The molecule has 0 bridgehead atoms. The number of carbonyl (C=O) groups excluding carboxylic acids is 1. The maximum absolute atomic E-state index is 11.5. The van der Waals surface area contributed by atoms with Crippen LogP contribution in [0.15, 0.2) is 10.5 Å². The summed E-state index contributed by atoms with van der Waals surface area (Å²) in [4.78, 5) is 14.0. The average Bonchev–Trinajstić information content (AvgIpc) is 3.04. The monoisotopic (exact) mass is 265 g/mol. The molecule has 106 valence electrons. The number of hydrogen-bond donors (Lipinski definition) is 2. The molecule has 1 aliphatic carbocycles. The van der Waals surface area contributed by atoms with Crippen LogP contribution in [0.1, 0.15) is 54.5 Å². The van der Waals surface area contributed by atoms with E-state index in [1.54, 1.807) is 13.0 Å². The molecule has 19 heavy (non-hydrogen) atoms. The van der Waals surface area contributed by atoms with Crippen molar-refractivity contribution in [3.8, 4) is 0 Å². The molecule has 0 spiro atoms. The third kappa shape index (κ3) is 3.16. The maximum Gasteiger partial charge on any atom is 0.268 e. The zero-order chi connectivity index (χ0) is 13.8. The van der Waals surface area contributed by atoms with Crippen LogP contribution in [0, 0.1) is 6.92 Å². The van der Waals surface area contributed by atoms with Crippen molar-refractivity contribution in [1.29, 1.82) is 0 Å². The molecule has 0 aromatic carbocycles. The fourth-order valence-electron chi connectivity index (χ4n) is 2.89. The molecule has 3 N–H and O–H groups in total. The summed E-state index contributed by atoms with van der Waals surface area (Å²) in [7, 11) is 0. The number of amides is 1. The average molecular weight is 265 g/mol. The van der Waals surface area contributed by atoms with Gasteiger partial charge in [-0.25, -0.2) is 5.84 Å². The van der Waals surface area contributed by atoms with Gasteiger partial charge in [-0.1, -0.05) is 19.8 Å². The van der Waals surface area contributed by atoms with Crippen LogP contribution < -0.4 is 11.3 Å². The van der Waals surface area contributed by atoms with Gasteiger partial charge in [0.2, 0.25) is 0 Å². The van der Waals surface area contributed by atoms with Gasteiger partial charge in [-0.2, -0.15) is 0 Å². The van der Waals surface area contributed by atoms with Crippen molar-refractivity contribution in [3.05, 3.63) is 23.2 Å². The molecule has 0 saturated heterocycles. The second-order valence-electron chi connectivity index (χ2n) is 5.16. The Morgan fingerprint density at radius 3 is 2.79 bits per heavy atom. The van der Waals surface area contributed by atoms with Crippen LogP contribution in [0.3, 0.4) is 0 Å². The van der Waals surface area contributed by atoms with Crippen molar-refractivity contribution in [1.82, 2.24) is 10.3 Å². The number of furan rings is 1. The third-order valence-corrected chi connectivity index (χ3v) is 3.95. The fraction of sp³-hybridized carbons (Fsp3) is 0.643. The third-order valence-electron chi connectivity index (χ3n) is 3.95. The van der Waals surface area contributed by atoms with Crippen molar-refractivity contribution in [3.63, 3.8) is 0 Å². The van der Waals surface area contributed by atoms with Crippen molar-refractivity contribution in [2.75, 3.05) is 6.54 Å². The van der Waals surface area contributed by atoms with Gasteiger partial charge in [-0.05, 0) is 32.4 Å². The van der Waals surface area contributed by atoms with Crippen LogP contribution in [0.4, 0.5) is 0 Å². The first-order valence-corrected chi connectivity index (χ1v) is 7.00. The summed E-state index contributed by atoms with van der Waals surface area (Å²) in [6, 6.07) is 2.46. The topological polar surface area (TPSA) is 71.5 Å². The number of carbonyl (C=O) groups is 1. The summed E-state index contributed by atoms with van der Waals surface area (Å²) in [5.74, 6) is 6.33. The molecule has 1 aliphatic rings. The zero-order valence-electron chi connectivity index (χ0n) is 11.7. The van der Waals surface area contributed by atoms with Crippen LogP contribution in [0.2, 0.25) is 0 Å². The molecule has 1 fully saturated rings. The second-order valence-corrected chi connectivity index (χ2v) is 5.16. The van der Waals surface area contributed by atoms with E-state index in [9.17, 15) is 4.79 Å². The standard InChI is InChI=1S/C14H23N3O2/c1-3-17(11-6-4-5-7-11)9-12-8-13(10(2)19-12)14(18)16-15/h8,11H,3-7,9,15H2,1-2H3,(H,16,18). The van der Waals surface area contributed by atoms with Crippen LogP contribution in [0.25, 0.3) is 0 Å². The first-order valence-electron chi connectivity index (χ1n) is 7.00. The summed E-state index contributed by atoms with van der Waals surface area (Å²) in [5.41, 5.74) is 2.67. The van der Waals surface area contributed by atoms with Crippen LogP contribution in [-0.4, -0.2) is 23.4 Å². The first-order chi connectivity index (χ1) is 9.15. The predicted octanol–water partition coefficient (Wildman–Crippen LogP) is 1.96. The van der Waals surface area contributed by atoms with Crippen molar-refractivity contribution < 1.29 is 9.21 Å². The molecule has 5 heteroatoms. The highest BCUT2D eigenvalue weighted by molar-refractivity contribution is 5.94. The molecule has 1 aromatic rings. The number of hydrazine groups is 1. The molecular weight excluding hydrogens is 242 g/mol. The van der Waals surface area contributed by atoms with E-state index < -0.39 is 0 Å². The Bertz CT molecular complexity index is 436. The number of nitrogen functional groups attached to an aromatic ring is 1. The number of aryl methyl sites for hydroxylation is 1. The van der Waals surface area contributed by atoms with E-state index in [2.05, 4.69) is 17.2 Å². The van der Waals surface area contributed by atoms with E-state index in [4.69, 9.17) is 10.3 Å². The number of nitrogens with two attached hydrogens (primary N) is 1. The second kappa shape index (κ2) is 6.21. The molecule has 0 atom stereocenters. The van der Waals surface area contributed by atoms with Crippen LogP contribution >= 0.6 is 0 Å². The summed E-state index contributed by atoms with van der Waals surface area (Å²) in [5, 5.41) is 0. The quantitative estimate of drug-likeness (QED) is 0.485. The lowest BCUT2D eigenvalue weighted by atomic mass is 10.2. The van der Waals surface area contributed by atoms with Gasteiger partial charge in [0.1, 0.15) is 11.5 Å². The number of rotatable bonds is 5. The minimum Gasteiger partial charge on any atom is -0.464 e. The Balaban J connectivity index is 2.07. The number of nitrogens with zero attached hydrogens (tertiary/aromatic N) is 1. The van der Waals surface area contributed by atoms with Gasteiger partial charge in [0.05, 0.1) is 12.1 Å². The maximum atomic E-state index is 11.5. The molecule has 5 nitrogen and oxygen atoms in total. The lowest BCUT2D eigenvalue weighted by Crippen LogP contribution is -2.32. The summed E-state index contributed by atoms with van der Waals surface area (Å²) in [6.07, 6.45) is 5.17. The molecule has 0 aliphatic heterocycles. The van der Waals surface area contributed by atoms with Gasteiger partial charge in [0.15, 0.2) is 0 Å². The SMILES string of the molecule is CCN(Cc1cc(C(=O)NN)c(C)o1)C1CCCC1. The fourth-order valence-corrected chi connectivity index (χ4v) is 2.89. The summed E-state index contributed by atoms with van der Waals surface area (Å²) in [6.45, 7) is 5.73. The van der Waals surface area contributed by atoms with E-state index in [1.165, 1.54) is 25.7 Å². The molecule has 0 unspecified atom stereocenters. The Morgan fingerprint density at radius 1 is 1.53 bits per heavy atom. The van der Waals surface area contributed by atoms with Gasteiger partial charge in [-0.3, -0.25) is 15.1 Å². The Kier molecular flexibility index (Phi) is 4.61.